The van der Waals surface area contributed by atoms with Crippen molar-refractivity contribution in [2.24, 2.45) is 17.8 Å². The summed E-state index contributed by atoms with van der Waals surface area (Å²) in [6.45, 7) is 9.46. The smallest absolute Gasteiger partial charge is 0.0182 e. The predicted octanol–water partition coefficient (Wildman–Crippen LogP) is 4.06. The molecule has 1 atom stereocenters. The number of rotatable bonds is 2. The van der Waals surface area contributed by atoms with Crippen LogP contribution in [-0.2, 0) is 0 Å². The normalized spacial score (nSPS) is 27.0. The van der Waals surface area contributed by atoms with Crippen molar-refractivity contribution in [1.82, 2.24) is 0 Å². The van der Waals surface area contributed by atoms with E-state index in [0.717, 1.165) is 17.8 Å². The fourth-order valence-electron chi connectivity index (χ4n) is 2.54. The van der Waals surface area contributed by atoms with Gasteiger partial charge in [0.15, 0.2) is 0 Å². The van der Waals surface area contributed by atoms with Crippen molar-refractivity contribution in [2.75, 3.05) is 0 Å². The minimum absolute atomic E-state index is 0.817. The Morgan fingerprint density at radius 3 is 2.17 bits per heavy atom. The third kappa shape index (κ3) is 2.24. The van der Waals surface area contributed by atoms with Gasteiger partial charge in [0.2, 0.25) is 0 Å². The largest absolute Gasteiger partial charge is 0.0625 e. The minimum atomic E-state index is 0.817. The molecule has 0 aromatic heterocycles. The monoisotopic (exact) mass is 167 g/mol. The molecule has 0 bridgehead atoms. The van der Waals surface area contributed by atoms with E-state index < -0.39 is 0 Å². The third-order valence-corrected chi connectivity index (χ3v) is 3.25. The van der Waals surface area contributed by atoms with E-state index in [4.69, 9.17) is 0 Å². The maximum absolute atomic E-state index is 2.37. The molecule has 0 aromatic carbocycles. The fraction of sp³-hybridized carbons (Fsp3) is 0.917. The number of hydrogen-bond donors (Lipinski definition) is 0. The second-order valence-electron chi connectivity index (χ2n) is 4.83. The molecule has 0 saturated heterocycles. The Hall–Kier alpha value is 0. The first kappa shape index (κ1) is 10.1. The van der Waals surface area contributed by atoms with Crippen LogP contribution in [0.3, 0.4) is 0 Å². The standard InChI is InChI=1S/C12H23/c1-9(2)11-7-5-6-8-12(11)10(3)4/h9-11H,5-8H2,1-4H3. The molecule has 0 spiro atoms. The SMILES string of the molecule is CC(C)[C]1CCCCC1C(C)C. The molecular weight excluding hydrogens is 144 g/mol. The van der Waals surface area contributed by atoms with E-state index in [9.17, 15) is 0 Å². The van der Waals surface area contributed by atoms with Gasteiger partial charge in [-0.25, -0.2) is 0 Å². The highest BCUT2D eigenvalue weighted by atomic mass is 14.3. The molecule has 0 heteroatoms. The Morgan fingerprint density at radius 1 is 1.08 bits per heavy atom. The van der Waals surface area contributed by atoms with Crippen molar-refractivity contribution in [3.8, 4) is 0 Å². The van der Waals surface area contributed by atoms with E-state index in [1.165, 1.54) is 25.7 Å². The molecule has 0 nitrogen and oxygen atoms in total. The summed E-state index contributed by atoms with van der Waals surface area (Å²) in [6.07, 6.45) is 5.75. The molecule has 1 fully saturated rings. The van der Waals surface area contributed by atoms with E-state index in [2.05, 4.69) is 27.7 Å². The molecule has 1 unspecified atom stereocenters. The molecule has 1 rings (SSSR count). The third-order valence-electron chi connectivity index (χ3n) is 3.25. The van der Waals surface area contributed by atoms with Crippen molar-refractivity contribution in [1.29, 1.82) is 0 Å². The second-order valence-corrected chi connectivity index (χ2v) is 4.83. The van der Waals surface area contributed by atoms with Gasteiger partial charge in [0, 0.05) is 0 Å². The van der Waals surface area contributed by atoms with Gasteiger partial charge in [-0.1, -0.05) is 40.5 Å². The molecule has 0 heterocycles. The Kier molecular flexibility index (Phi) is 3.61. The summed E-state index contributed by atoms with van der Waals surface area (Å²) in [7, 11) is 0. The van der Waals surface area contributed by atoms with Crippen LogP contribution >= 0.6 is 0 Å². The maximum Gasteiger partial charge on any atom is -0.0182 e. The van der Waals surface area contributed by atoms with E-state index >= 15 is 0 Å². The van der Waals surface area contributed by atoms with Crippen LogP contribution in [0.4, 0.5) is 0 Å². The number of hydrogen-bond acceptors (Lipinski definition) is 0. The molecule has 1 radical (unpaired) electrons. The summed E-state index contributed by atoms with van der Waals surface area (Å²) >= 11 is 0. The molecule has 12 heavy (non-hydrogen) atoms. The highest BCUT2D eigenvalue weighted by Gasteiger charge is 2.29. The van der Waals surface area contributed by atoms with Crippen LogP contribution in [0.15, 0.2) is 0 Å². The van der Waals surface area contributed by atoms with Gasteiger partial charge in [0.05, 0.1) is 0 Å². The zero-order valence-corrected chi connectivity index (χ0v) is 9.06. The van der Waals surface area contributed by atoms with Crippen LogP contribution in [0.2, 0.25) is 0 Å². The van der Waals surface area contributed by atoms with E-state index in [-0.39, 0.29) is 0 Å². The molecule has 0 aromatic rings. The molecule has 71 valence electrons. The molecular formula is C12H23. The van der Waals surface area contributed by atoms with Crippen molar-refractivity contribution >= 4 is 0 Å². The lowest BCUT2D eigenvalue weighted by Crippen LogP contribution is -2.25. The molecule has 0 aliphatic heterocycles. The van der Waals surface area contributed by atoms with Crippen molar-refractivity contribution in [3.63, 3.8) is 0 Å². The summed E-state index contributed by atoms with van der Waals surface area (Å²) in [5, 5.41) is 0. The van der Waals surface area contributed by atoms with E-state index in [0.29, 0.717) is 0 Å². The van der Waals surface area contributed by atoms with Crippen LogP contribution in [0, 0.1) is 23.7 Å². The van der Waals surface area contributed by atoms with Gasteiger partial charge in [-0.05, 0) is 36.5 Å². The van der Waals surface area contributed by atoms with Crippen molar-refractivity contribution in [2.45, 2.75) is 53.4 Å². The lowest BCUT2D eigenvalue weighted by atomic mass is 9.69. The Morgan fingerprint density at radius 2 is 1.75 bits per heavy atom. The molecule has 0 N–H and O–H groups in total. The molecule has 1 saturated carbocycles. The summed E-state index contributed by atoms with van der Waals surface area (Å²) in [5.41, 5.74) is 0. The molecule has 1 aliphatic carbocycles. The topological polar surface area (TPSA) is 0 Å². The predicted molar refractivity (Wildman–Crippen MR) is 54.9 cm³/mol. The zero-order chi connectivity index (χ0) is 9.14. The van der Waals surface area contributed by atoms with Gasteiger partial charge >= 0.3 is 0 Å². The fourth-order valence-corrected chi connectivity index (χ4v) is 2.54. The van der Waals surface area contributed by atoms with E-state index in [1.807, 2.05) is 5.92 Å². The highest BCUT2D eigenvalue weighted by molar-refractivity contribution is 5.02. The van der Waals surface area contributed by atoms with Gasteiger partial charge in [0.1, 0.15) is 0 Å². The maximum atomic E-state index is 2.37. The lowest BCUT2D eigenvalue weighted by molar-refractivity contribution is 0.272. The average Bonchev–Trinajstić information content (AvgIpc) is 2.04. The van der Waals surface area contributed by atoms with Crippen LogP contribution in [0.5, 0.6) is 0 Å². The summed E-state index contributed by atoms with van der Waals surface area (Å²) in [6, 6.07) is 0. The van der Waals surface area contributed by atoms with Gasteiger partial charge in [-0.2, -0.15) is 0 Å². The first-order chi connectivity index (χ1) is 5.63. The van der Waals surface area contributed by atoms with Crippen LogP contribution < -0.4 is 0 Å². The van der Waals surface area contributed by atoms with Gasteiger partial charge in [0.25, 0.3) is 0 Å². The molecule has 0 amide bonds. The quantitative estimate of drug-likeness (QED) is 0.581. The summed E-state index contributed by atoms with van der Waals surface area (Å²) in [5.74, 6) is 4.45. The van der Waals surface area contributed by atoms with Gasteiger partial charge < -0.3 is 0 Å². The van der Waals surface area contributed by atoms with Gasteiger partial charge in [-0.15, -0.1) is 0 Å². The van der Waals surface area contributed by atoms with Crippen LogP contribution in [0.25, 0.3) is 0 Å². The first-order valence-electron chi connectivity index (χ1n) is 5.48. The Labute approximate surface area is 77.7 Å². The van der Waals surface area contributed by atoms with E-state index in [1.54, 1.807) is 0 Å². The Bertz CT molecular complexity index is 108. The van der Waals surface area contributed by atoms with Crippen molar-refractivity contribution < 1.29 is 0 Å². The van der Waals surface area contributed by atoms with Crippen LogP contribution in [0.1, 0.15) is 53.4 Å². The van der Waals surface area contributed by atoms with Crippen LogP contribution in [-0.4, -0.2) is 0 Å². The first-order valence-corrected chi connectivity index (χ1v) is 5.48. The minimum Gasteiger partial charge on any atom is -0.0625 e. The summed E-state index contributed by atoms with van der Waals surface area (Å²) in [4.78, 5) is 0. The summed E-state index contributed by atoms with van der Waals surface area (Å²) < 4.78 is 0. The lowest BCUT2D eigenvalue weighted by Gasteiger charge is -2.36. The van der Waals surface area contributed by atoms with Crippen molar-refractivity contribution in [3.05, 3.63) is 5.92 Å². The average molecular weight is 167 g/mol. The van der Waals surface area contributed by atoms with Gasteiger partial charge in [-0.3, -0.25) is 0 Å². The second kappa shape index (κ2) is 4.30. The Balaban J connectivity index is 2.54. The molecule has 1 aliphatic rings. The zero-order valence-electron chi connectivity index (χ0n) is 9.06. The highest BCUT2D eigenvalue weighted by Crippen LogP contribution is 2.40.